The predicted octanol–water partition coefficient (Wildman–Crippen LogP) is 0.290. The molecule has 0 radical (unpaired) electrons. The van der Waals surface area contributed by atoms with Crippen molar-refractivity contribution in [3.63, 3.8) is 0 Å². The van der Waals surface area contributed by atoms with E-state index >= 15 is 0 Å². The first-order valence-electron chi connectivity index (χ1n) is 10.8. The molecule has 0 aromatic carbocycles. The zero-order valence-corrected chi connectivity index (χ0v) is 19.9. The fraction of sp³-hybridized carbons (Fsp3) is 0.700. The number of anilines is 2. The Morgan fingerprint density at radius 1 is 1.42 bits per heavy atom. The molecule has 2 fully saturated rings. The second-order valence-electron chi connectivity index (χ2n) is 9.10. The highest BCUT2D eigenvalue weighted by atomic mass is 32.2. The molecule has 1 amide bonds. The third kappa shape index (κ3) is 5.48. The van der Waals surface area contributed by atoms with Gasteiger partial charge in [0.05, 0.1) is 28.5 Å². The van der Waals surface area contributed by atoms with Gasteiger partial charge in [0.25, 0.3) is 0 Å². The Balaban J connectivity index is 1.79. The predicted molar refractivity (Wildman–Crippen MR) is 124 cm³/mol. The smallest absolute Gasteiger partial charge is 0.234 e. The molecule has 0 saturated carbocycles. The number of nitrogens with one attached hydrogen (secondary N) is 2. The monoisotopic (exact) mass is 485 g/mol. The Bertz CT molecular complexity index is 971. The molecule has 2 aliphatic rings. The maximum absolute atomic E-state index is 13.7. The number of alkyl halides is 1. The number of pyridine rings is 1. The summed E-state index contributed by atoms with van der Waals surface area (Å²) in [6.07, 6.45) is 2.12. The number of rotatable bonds is 7. The largest absolute Gasteiger partial charge is 0.370 e. The summed E-state index contributed by atoms with van der Waals surface area (Å²) >= 11 is 0. The number of nitrogens with two attached hydrogens (primary N) is 1. The average Bonchev–Trinajstić information content (AvgIpc) is 2.75. The number of hydrogen-bond acceptors (Lipinski definition) is 10. The van der Waals surface area contributed by atoms with E-state index < -0.39 is 44.9 Å². The van der Waals surface area contributed by atoms with Crippen LogP contribution in [0, 0.1) is 10.8 Å². The van der Waals surface area contributed by atoms with E-state index in [1.54, 1.807) is 31.1 Å². The molecule has 0 bridgehead atoms. The summed E-state index contributed by atoms with van der Waals surface area (Å²) in [5.74, 6) is -1.61. The molecule has 4 unspecified atom stereocenters. The van der Waals surface area contributed by atoms with Gasteiger partial charge in [0.15, 0.2) is 16.0 Å². The SMILES string of the molecule is CN1CC(F)CNC1C(C(=O)Nc1cnccc1N1CCC(C)(S(C)(=O)=O)CC1)C(N)N=O. The molecule has 184 valence electrons. The number of hydrogen-bond donors (Lipinski definition) is 3. The summed E-state index contributed by atoms with van der Waals surface area (Å²) in [5, 5.41) is 8.59. The van der Waals surface area contributed by atoms with Crippen molar-refractivity contribution in [3.8, 4) is 0 Å². The highest BCUT2D eigenvalue weighted by Crippen LogP contribution is 2.34. The molecule has 0 aliphatic carbocycles. The van der Waals surface area contributed by atoms with Crippen molar-refractivity contribution >= 4 is 27.1 Å². The first-order valence-corrected chi connectivity index (χ1v) is 12.7. The molecule has 13 heteroatoms. The van der Waals surface area contributed by atoms with Crippen LogP contribution in [-0.2, 0) is 14.6 Å². The van der Waals surface area contributed by atoms with E-state index in [0.717, 1.165) is 0 Å². The molecule has 3 rings (SSSR count). The molecule has 4 N–H and O–H groups in total. The van der Waals surface area contributed by atoms with Crippen LogP contribution in [0.5, 0.6) is 0 Å². The minimum atomic E-state index is -3.21. The van der Waals surface area contributed by atoms with Crippen molar-refractivity contribution in [1.29, 1.82) is 0 Å². The maximum atomic E-state index is 13.7. The Hall–Kier alpha value is -2.22. The number of carbonyl (C=O) groups excluding carboxylic acids is 1. The van der Waals surface area contributed by atoms with Gasteiger partial charge in [-0.1, -0.05) is 5.18 Å². The Kier molecular flexibility index (Phi) is 7.66. The quantitative estimate of drug-likeness (QED) is 0.463. The Labute approximate surface area is 193 Å². The number of aromatic nitrogens is 1. The lowest BCUT2D eigenvalue weighted by Gasteiger charge is -2.40. The van der Waals surface area contributed by atoms with Gasteiger partial charge < -0.3 is 16.0 Å². The van der Waals surface area contributed by atoms with Crippen LogP contribution in [0.3, 0.4) is 0 Å². The third-order valence-corrected chi connectivity index (χ3v) is 8.95. The van der Waals surface area contributed by atoms with Crippen molar-refractivity contribution in [1.82, 2.24) is 15.2 Å². The van der Waals surface area contributed by atoms with Crippen LogP contribution in [0.4, 0.5) is 15.8 Å². The van der Waals surface area contributed by atoms with E-state index in [4.69, 9.17) is 5.73 Å². The minimum absolute atomic E-state index is 0.0371. The van der Waals surface area contributed by atoms with Crippen molar-refractivity contribution in [2.45, 2.75) is 43.0 Å². The molecule has 1 aromatic rings. The molecule has 3 heterocycles. The van der Waals surface area contributed by atoms with Gasteiger partial charge in [-0.3, -0.25) is 20.0 Å². The van der Waals surface area contributed by atoms with Crippen LogP contribution in [-0.4, -0.2) is 86.9 Å². The van der Waals surface area contributed by atoms with E-state index in [2.05, 4.69) is 20.8 Å². The van der Waals surface area contributed by atoms with Crippen LogP contribution in [0.2, 0.25) is 0 Å². The second-order valence-corrected chi connectivity index (χ2v) is 11.6. The lowest BCUT2D eigenvalue weighted by atomic mass is 9.97. The highest BCUT2D eigenvalue weighted by Gasteiger charge is 2.41. The summed E-state index contributed by atoms with van der Waals surface area (Å²) in [5.41, 5.74) is 6.97. The first-order chi connectivity index (χ1) is 15.5. The van der Waals surface area contributed by atoms with Crippen LogP contribution < -0.4 is 21.3 Å². The average molecular weight is 486 g/mol. The number of halogens is 1. The maximum Gasteiger partial charge on any atom is 0.234 e. The van der Waals surface area contributed by atoms with Gasteiger partial charge >= 0.3 is 0 Å². The van der Waals surface area contributed by atoms with E-state index in [0.29, 0.717) is 37.3 Å². The summed E-state index contributed by atoms with van der Waals surface area (Å²) in [4.78, 5) is 32.2. The number of nitroso groups, excluding NO2 is 1. The summed E-state index contributed by atoms with van der Waals surface area (Å²) < 4.78 is 37.2. The van der Waals surface area contributed by atoms with Gasteiger partial charge in [-0.2, -0.15) is 0 Å². The normalized spacial score (nSPS) is 25.8. The fourth-order valence-electron chi connectivity index (χ4n) is 4.41. The zero-order chi connectivity index (χ0) is 24.4. The number of carbonyl (C=O) groups is 1. The van der Waals surface area contributed by atoms with Gasteiger partial charge in [0.2, 0.25) is 5.91 Å². The molecule has 33 heavy (non-hydrogen) atoms. The lowest BCUT2D eigenvalue weighted by molar-refractivity contribution is -0.124. The highest BCUT2D eigenvalue weighted by molar-refractivity contribution is 7.92. The standard InChI is InChI=1S/C20H32FN7O4S/c1-20(33(3,31)32)5-8-28(9-6-20)15-4-7-23-11-14(15)25-19(29)16(17(22)26-30)18-24-10-13(21)12-27(18)2/h4,7,11,13,16-18,24H,5-6,8-10,12,22H2,1-3H3,(H,25,29). The summed E-state index contributed by atoms with van der Waals surface area (Å²) in [7, 11) is -1.56. The van der Waals surface area contributed by atoms with Crippen molar-refractivity contribution in [3.05, 3.63) is 23.4 Å². The molecule has 4 atom stereocenters. The van der Waals surface area contributed by atoms with E-state index in [9.17, 15) is 22.5 Å². The lowest BCUT2D eigenvalue weighted by Crippen LogP contribution is -2.62. The van der Waals surface area contributed by atoms with Gasteiger partial charge in [0.1, 0.15) is 12.1 Å². The van der Waals surface area contributed by atoms with Gasteiger partial charge in [-0.25, -0.2) is 12.8 Å². The Morgan fingerprint density at radius 2 is 2.09 bits per heavy atom. The summed E-state index contributed by atoms with van der Waals surface area (Å²) in [6, 6.07) is 1.74. The summed E-state index contributed by atoms with van der Waals surface area (Å²) in [6.45, 7) is 2.86. The molecule has 2 saturated heterocycles. The fourth-order valence-corrected chi connectivity index (χ4v) is 5.34. The minimum Gasteiger partial charge on any atom is -0.370 e. The van der Waals surface area contributed by atoms with Gasteiger partial charge in [-0.05, 0) is 32.9 Å². The van der Waals surface area contributed by atoms with E-state index in [-0.39, 0.29) is 13.1 Å². The molecular weight excluding hydrogens is 453 g/mol. The van der Waals surface area contributed by atoms with Gasteiger partial charge in [0, 0.05) is 38.6 Å². The van der Waals surface area contributed by atoms with Crippen LogP contribution in [0.15, 0.2) is 23.6 Å². The van der Waals surface area contributed by atoms with Gasteiger partial charge in [-0.15, -0.1) is 4.91 Å². The van der Waals surface area contributed by atoms with E-state index in [1.165, 1.54) is 12.5 Å². The molecule has 0 spiro atoms. The molecule has 2 aliphatic heterocycles. The van der Waals surface area contributed by atoms with Crippen LogP contribution in [0.1, 0.15) is 19.8 Å². The second kappa shape index (κ2) is 9.95. The topological polar surface area (TPSA) is 150 Å². The van der Waals surface area contributed by atoms with Crippen molar-refractivity contribution in [2.75, 3.05) is 49.7 Å². The van der Waals surface area contributed by atoms with Crippen molar-refractivity contribution < 1.29 is 17.6 Å². The van der Waals surface area contributed by atoms with E-state index in [1.807, 2.05) is 4.90 Å². The molecule has 1 aromatic heterocycles. The zero-order valence-electron chi connectivity index (χ0n) is 19.1. The number of sulfone groups is 1. The van der Waals surface area contributed by atoms with Crippen LogP contribution in [0.25, 0.3) is 0 Å². The third-order valence-electron chi connectivity index (χ3n) is 6.75. The molecule has 11 nitrogen and oxygen atoms in total. The number of amides is 1. The molecular formula is C20H32FN7O4S. The Morgan fingerprint density at radius 3 is 2.67 bits per heavy atom. The van der Waals surface area contributed by atoms with Crippen molar-refractivity contribution in [2.24, 2.45) is 16.8 Å². The number of piperidine rings is 1. The first kappa shape index (κ1) is 25.4. The number of nitrogens with zero attached hydrogens (tertiary/aromatic N) is 4. The van der Waals surface area contributed by atoms with Crippen LogP contribution >= 0.6 is 0 Å².